The number of esters is 1. The summed E-state index contributed by atoms with van der Waals surface area (Å²) in [6.07, 6.45) is 5.51. The first-order valence-corrected chi connectivity index (χ1v) is 13.2. The second-order valence-electron chi connectivity index (χ2n) is 10.9. The third kappa shape index (κ3) is 4.57. The van der Waals surface area contributed by atoms with Gasteiger partial charge in [0, 0.05) is 44.4 Å². The van der Waals surface area contributed by atoms with Crippen molar-refractivity contribution in [2.24, 2.45) is 5.92 Å². The third-order valence-electron chi connectivity index (χ3n) is 8.57. The summed E-state index contributed by atoms with van der Waals surface area (Å²) in [6.45, 7) is 5.25. The van der Waals surface area contributed by atoms with E-state index in [0.29, 0.717) is 12.8 Å². The zero-order valence-corrected chi connectivity index (χ0v) is 21.5. The van der Waals surface area contributed by atoms with Gasteiger partial charge in [0.1, 0.15) is 0 Å². The van der Waals surface area contributed by atoms with E-state index < -0.39 is 11.3 Å². The fourth-order valence-electron chi connectivity index (χ4n) is 6.82. The van der Waals surface area contributed by atoms with Crippen LogP contribution in [0.25, 0.3) is 0 Å². The van der Waals surface area contributed by atoms with E-state index in [0.717, 1.165) is 24.8 Å². The molecule has 4 aliphatic rings. The molecule has 2 aliphatic heterocycles. The van der Waals surface area contributed by atoms with Gasteiger partial charge in [-0.25, -0.2) is 9.90 Å². The topological polar surface area (TPSA) is 65.1 Å². The lowest BCUT2D eigenvalue weighted by atomic mass is 9.61. The molecule has 0 aromatic heterocycles. The van der Waals surface area contributed by atoms with Crippen LogP contribution < -0.4 is 0 Å². The monoisotopic (exact) mass is 491 g/mol. The highest BCUT2D eigenvalue weighted by Crippen LogP contribution is 2.59. The maximum absolute atomic E-state index is 13.0. The van der Waals surface area contributed by atoms with Crippen molar-refractivity contribution in [3.63, 3.8) is 0 Å². The maximum Gasteiger partial charge on any atom is 0.302 e. The van der Waals surface area contributed by atoms with Gasteiger partial charge in [-0.3, -0.25) is 9.59 Å². The van der Waals surface area contributed by atoms with Crippen molar-refractivity contribution in [3.8, 4) is 0 Å². The Hall–Kier alpha value is -2.70. The van der Waals surface area contributed by atoms with Gasteiger partial charge in [-0.15, -0.1) is 0 Å². The van der Waals surface area contributed by atoms with Crippen LogP contribution in [0.1, 0.15) is 82.3 Å². The average Bonchev–Trinajstić information content (AvgIpc) is 2.89. The van der Waals surface area contributed by atoms with Gasteiger partial charge in [-0.2, -0.15) is 0 Å². The van der Waals surface area contributed by atoms with Crippen LogP contribution in [0.2, 0.25) is 0 Å². The zero-order valence-electron chi connectivity index (χ0n) is 21.5. The molecule has 6 heteroatoms. The van der Waals surface area contributed by atoms with Crippen molar-refractivity contribution in [2.45, 2.75) is 88.6 Å². The molecule has 6 atom stereocenters. The van der Waals surface area contributed by atoms with E-state index in [-0.39, 0.29) is 42.3 Å². The van der Waals surface area contributed by atoms with Crippen LogP contribution in [0.3, 0.4) is 0 Å². The van der Waals surface area contributed by atoms with Crippen LogP contribution >= 0.6 is 0 Å². The van der Waals surface area contributed by atoms with E-state index in [4.69, 9.17) is 14.3 Å². The summed E-state index contributed by atoms with van der Waals surface area (Å²) in [5, 5.41) is 1.53. The first kappa shape index (κ1) is 25.0. The molecule has 2 aromatic carbocycles. The number of fused-ring (bicyclic) bond motifs is 3. The lowest BCUT2D eigenvalue weighted by Crippen LogP contribution is -2.72. The number of rotatable bonds is 6. The molecule has 2 aliphatic carbocycles. The van der Waals surface area contributed by atoms with Gasteiger partial charge >= 0.3 is 5.97 Å². The molecule has 2 saturated carbocycles. The number of carbonyl (C=O) groups excluding carboxylic acids is 2. The summed E-state index contributed by atoms with van der Waals surface area (Å²) >= 11 is 0. The van der Waals surface area contributed by atoms with Crippen LogP contribution in [-0.4, -0.2) is 41.0 Å². The molecule has 6 nitrogen and oxygen atoms in total. The first-order chi connectivity index (χ1) is 17.3. The maximum atomic E-state index is 13.0. The molecule has 4 fully saturated rings. The summed E-state index contributed by atoms with van der Waals surface area (Å²) in [5.41, 5.74) is 1.76. The minimum absolute atomic E-state index is 0.0109. The van der Waals surface area contributed by atoms with Gasteiger partial charge in [0.2, 0.25) is 5.91 Å². The number of benzene rings is 2. The SMILES string of the molecule is CC(=O)OC[C@@H]1C[C@@]2(O[C@H]3CCCC[C@@H]3c3ccccc3)C[C@@H](c3ccccc3)[C@]1(C)N(C(C)=O)O2. The zero-order chi connectivity index (χ0) is 25.3. The first-order valence-electron chi connectivity index (χ1n) is 13.2. The molecule has 0 unspecified atom stereocenters. The van der Waals surface area contributed by atoms with Gasteiger partial charge in [0.25, 0.3) is 0 Å². The van der Waals surface area contributed by atoms with Crippen molar-refractivity contribution < 1.29 is 23.9 Å². The van der Waals surface area contributed by atoms with Crippen molar-refractivity contribution in [2.75, 3.05) is 6.61 Å². The minimum atomic E-state index is -0.968. The Kier molecular flexibility index (Phi) is 6.92. The van der Waals surface area contributed by atoms with Crippen LogP contribution in [0, 0.1) is 5.92 Å². The number of hydroxylamine groups is 2. The van der Waals surface area contributed by atoms with Crippen molar-refractivity contribution in [1.29, 1.82) is 0 Å². The normalized spacial score (nSPS) is 33.8. The van der Waals surface area contributed by atoms with E-state index in [1.807, 2.05) is 24.3 Å². The van der Waals surface area contributed by atoms with Crippen molar-refractivity contribution in [1.82, 2.24) is 5.06 Å². The van der Waals surface area contributed by atoms with E-state index in [9.17, 15) is 9.59 Å². The van der Waals surface area contributed by atoms with E-state index in [2.05, 4.69) is 43.3 Å². The molecular formula is C30H37NO5. The minimum Gasteiger partial charge on any atom is -0.465 e. The summed E-state index contributed by atoms with van der Waals surface area (Å²) in [6, 6.07) is 20.9. The number of hydrogen-bond donors (Lipinski definition) is 0. The molecule has 2 bridgehead atoms. The molecule has 2 saturated heterocycles. The molecule has 0 radical (unpaired) electrons. The quantitative estimate of drug-likeness (QED) is 0.483. The Morgan fingerprint density at radius 1 is 0.944 bits per heavy atom. The molecule has 1 amide bonds. The Morgan fingerprint density at radius 2 is 1.58 bits per heavy atom. The van der Waals surface area contributed by atoms with E-state index in [1.165, 1.54) is 30.9 Å². The highest BCUT2D eigenvalue weighted by Gasteiger charge is 2.65. The molecule has 36 heavy (non-hydrogen) atoms. The van der Waals surface area contributed by atoms with Gasteiger partial charge in [0.05, 0.1) is 18.2 Å². The molecule has 2 aromatic rings. The number of hydrogen-bond acceptors (Lipinski definition) is 5. The number of carbonyl (C=O) groups is 2. The summed E-state index contributed by atoms with van der Waals surface area (Å²) in [7, 11) is 0. The summed E-state index contributed by atoms with van der Waals surface area (Å²) in [5.74, 6) is -1.33. The van der Waals surface area contributed by atoms with Gasteiger partial charge < -0.3 is 9.47 Å². The molecule has 2 heterocycles. The molecular weight excluding hydrogens is 454 g/mol. The second kappa shape index (κ2) is 9.98. The van der Waals surface area contributed by atoms with E-state index >= 15 is 0 Å². The summed E-state index contributed by atoms with van der Waals surface area (Å²) < 4.78 is 12.6. The Balaban J connectivity index is 1.53. The van der Waals surface area contributed by atoms with Gasteiger partial charge in [-0.1, -0.05) is 73.5 Å². The molecule has 6 rings (SSSR count). The second-order valence-corrected chi connectivity index (χ2v) is 10.9. The predicted octanol–water partition coefficient (Wildman–Crippen LogP) is 5.74. The number of amides is 1. The Bertz CT molecular complexity index is 1080. The fourth-order valence-corrected chi connectivity index (χ4v) is 6.82. The van der Waals surface area contributed by atoms with Crippen molar-refractivity contribution >= 4 is 11.9 Å². The average molecular weight is 492 g/mol. The van der Waals surface area contributed by atoms with Crippen LogP contribution in [0.4, 0.5) is 0 Å². The summed E-state index contributed by atoms with van der Waals surface area (Å²) in [4.78, 5) is 31.3. The smallest absolute Gasteiger partial charge is 0.302 e. The molecule has 0 N–H and O–H groups in total. The lowest BCUT2D eigenvalue weighted by Gasteiger charge is -2.64. The number of ether oxygens (including phenoxy) is 2. The van der Waals surface area contributed by atoms with E-state index in [1.54, 1.807) is 0 Å². The van der Waals surface area contributed by atoms with Gasteiger partial charge in [0.15, 0.2) is 5.79 Å². The standard InChI is InChI=1S/C30H37NO5/c1-21(32)31-29(3)25(20-34-22(2)33)18-30(36-31,19-27(29)24-14-8-5-9-15-24)35-28-17-11-10-16-26(28)23-12-6-4-7-13-23/h4-9,12-15,25-28H,10-11,16-20H2,1-3H3/t25-,26+,27-,28-,29+,30-/m0/s1. The molecule has 192 valence electrons. The lowest BCUT2D eigenvalue weighted by molar-refractivity contribution is -0.438. The highest BCUT2D eigenvalue weighted by atomic mass is 16.8. The Morgan fingerprint density at radius 3 is 2.22 bits per heavy atom. The van der Waals surface area contributed by atoms with Crippen molar-refractivity contribution in [3.05, 3.63) is 71.8 Å². The fraction of sp³-hybridized carbons (Fsp3) is 0.533. The molecule has 0 spiro atoms. The van der Waals surface area contributed by atoms with Crippen LogP contribution in [-0.2, 0) is 23.9 Å². The predicted molar refractivity (Wildman–Crippen MR) is 136 cm³/mol. The highest BCUT2D eigenvalue weighted by molar-refractivity contribution is 5.73. The van der Waals surface area contributed by atoms with Gasteiger partial charge in [-0.05, 0) is 30.9 Å². The van der Waals surface area contributed by atoms with Crippen LogP contribution in [0.15, 0.2) is 60.7 Å². The third-order valence-corrected chi connectivity index (χ3v) is 8.57. The number of nitrogens with zero attached hydrogens (tertiary/aromatic N) is 1. The van der Waals surface area contributed by atoms with Crippen LogP contribution in [0.5, 0.6) is 0 Å². The largest absolute Gasteiger partial charge is 0.465 e. The Labute approximate surface area is 213 Å².